The third-order valence-corrected chi connectivity index (χ3v) is 4.80. The van der Waals surface area contributed by atoms with Crippen molar-refractivity contribution in [1.82, 2.24) is 19.9 Å². The molecule has 27 heavy (non-hydrogen) atoms. The number of aromatic nitrogens is 3. The van der Waals surface area contributed by atoms with Crippen molar-refractivity contribution >= 4 is 17.6 Å². The summed E-state index contributed by atoms with van der Waals surface area (Å²) >= 11 is 0. The highest BCUT2D eigenvalue weighted by Crippen LogP contribution is 2.30. The molecule has 3 rings (SSSR count). The molecular formula is C19H29N7O. The second kappa shape index (κ2) is 8.39. The van der Waals surface area contributed by atoms with Crippen LogP contribution in [0.2, 0.25) is 0 Å². The zero-order chi connectivity index (χ0) is 19.4. The third-order valence-electron chi connectivity index (χ3n) is 4.80. The molecule has 2 aromatic rings. The van der Waals surface area contributed by atoms with Crippen molar-refractivity contribution in [2.45, 2.75) is 19.9 Å². The van der Waals surface area contributed by atoms with Gasteiger partial charge < -0.3 is 20.3 Å². The molecule has 0 radical (unpaired) electrons. The average molecular weight is 371 g/mol. The largest absolute Gasteiger partial charge is 0.492 e. The fourth-order valence-corrected chi connectivity index (χ4v) is 3.29. The van der Waals surface area contributed by atoms with Gasteiger partial charge in [-0.3, -0.25) is 4.90 Å². The lowest BCUT2D eigenvalue weighted by Crippen LogP contribution is -2.47. The molecule has 1 aromatic carbocycles. The predicted octanol–water partition coefficient (Wildman–Crippen LogP) is 1.80. The highest BCUT2D eigenvalue weighted by molar-refractivity contribution is 5.58. The molecule has 8 heteroatoms. The monoisotopic (exact) mass is 371 g/mol. The van der Waals surface area contributed by atoms with Crippen LogP contribution in [-0.2, 0) is 0 Å². The molecule has 1 fully saturated rings. The van der Waals surface area contributed by atoms with E-state index in [0.717, 1.165) is 43.4 Å². The van der Waals surface area contributed by atoms with Gasteiger partial charge in [-0.05, 0) is 26.0 Å². The van der Waals surface area contributed by atoms with Crippen LogP contribution in [-0.4, -0.2) is 66.7 Å². The lowest BCUT2D eigenvalue weighted by molar-refractivity contribution is 0.191. The molecule has 146 valence electrons. The molecule has 0 unspecified atom stereocenters. The molecule has 0 bridgehead atoms. The van der Waals surface area contributed by atoms with Gasteiger partial charge in [0.15, 0.2) is 5.82 Å². The van der Waals surface area contributed by atoms with E-state index < -0.39 is 0 Å². The summed E-state index contributed by atoms with van der Waals surface area (Å²) in [6.07, 6.45) is 0. The van der Waals surface area contributed by atoms with Crippen molar-refractivity contribution in [2.75, 3.05) is 62.4 Å². The van der Waals surface area contributed by atoms with Gasteiger partial charge in [0, 0.05) is 40.3 Å². The maximum atomic E-state index is 5.88. The van der Waals surface area contributed by atoms with Gasteiger partial charge in [-0.2, -0.15) is 15.0 Å². The highest BCUT2D eigenvalue weighted by Gasteiger charge is 2.26. The zero-order valence-electron chi connectivity index (χ0n) is 16.6. The van der Waals surface area contributed by atoms with E-state index in [1.54, 1.807) is 0 Å². The van der Waals surface area contributed by atoms with E-state index in [1.165, 1.54) is 0 Å². The second-order valence-corrected chi connectivity index (χ2v) is 6.85. The van der Waals surface area contributed by atoms with E-state index in [4.69, 9.17) is 10.5 Å². The molecule has 2 heterocycles. The van der Waals surface area contributed by atoms with Crippen molar-refractivity contribution in [3.05, 3.63) is 30.1 Å². The summed E-state index contributed by atoms with van der Waals surface area (Å²) in [5.74, 6) is 2.52. The van der Waals surface area contributed by atoms with Gasteiger partial charge >= 0.3 is 0 Å². The number of nitrogens with two attached hydrogens (primary N) is 1. The zero-order valence-corrected chi connectivity index (χ0v) is 16.6. The summed E-state index contributed by atoms with van der Waals surface area (Å²) in [5, 5.41) is 0. The Morgan fingerprint density at radius 2 is 1.81 bits per heavy atom. The highest BCUT2D eigenvalue weighted by atomic mass is 16.5. The molecule has 1 saturated heterocycles. The van der Waals surface area contributed by atoms with E-state index in [1.807, 2.05) is 38.1 Å². The number of piperazine rings is 1. The summed E-state index contributed by atoms with van der Waals surface area (Å²) in [6, 6.07) is 8.31. The number of rotatable bonds is 6. The van der Waals surface area contributed by atoms with Crippen LogP contribution in [0.1, 0.15) is 25.7 Å². The summed E-state index contributed by atoms with van der Waals surface area (Å²) < 4.78 is 5.78. The first-order valence-corrected chi connectivity index (χ1v) is 9.39. The first kappa shape index (κ1) is 19.2. The Balaban J connectivity index is 1.69. The molecular weight excluding hydrogens is 342 g/mol. The van der Waals surface area contributed by atoms with E-state index in [-0.39, 0.29) is 12.0 Å². The fraction of sp³-hybridized carbons (Fsp3) is 0.526. The molecule has 0 saturated carbocycles. The van der Waals surface area contributed by atoms with E-state index in [2.05, 4.69) is 43.8 Å². The molecule has 1 aliphatic heterocycles. The Bertz CT molecular complexity index is 759. The fourth-order valence-electron chi connectivity index (χ4n) is 3.29. The summed E-state index contributed by atoms with van der Waals surface area (Å²) in [7, 11) is 3.80. The maximum absolute atomic E-state index is 5.88. The summed E-state index contributed by atoms with van der Waals surface area (Å²) in [6.45, 7) is 8.50. The molecule has 1 aliphatic rings. The molecule has 0 spiro atoms. The number of anilines is 3. The molecule has 1 atom stereocenters. The number of nitrogens with zero attached hydrogens (tertiary/aromatic N) is 6. The third kappa shape index (κ3) is 4.39. The number of para-hydroxylation sites is 2. The lowest BCUT2D eigenvalue weighted by Gasteiger charge is -2.39. The molecule has 1 aromatic heterocycles. The van der Waals surface area contributed by atoms with Crippen LogP contribution in [0.25, 0.3) is 0 Å². The Labute approximate surface area is 161 Å². The minimum absolute atomic E-state index is 0.0817. The van der Waals surface area contributed by atoms with Gasteiger partial charge in [0.1, 0.15) is 5.75 Å². The smallest absolute Gasteiger partial charge is 0.229 e. The van der Waals surface area contributed by atoms with Crippen molar-refractivity contribution < 1.29 is 4.74 Å². The second-order valence-electron chi connectivity index (χ2n) is 6.85. The molecule has 0 amide bonds. The van der Waals surface area contributed by atoms with Gasteiger partial charge in [-0.25, -0.2) is 0 Å². The molecule has 8 nitrogen and oxygen atoms in total. The van der Waals surface area contributed by atoms with E-state index in [0.29, 0.717) is 12.6 Å². The van der Waals surface area contributed by atoms with Gasteiger partial charge in [0.05, 0.1) is 18.3 Å². The number of nitrogen functional groups attached to an aromatic ring is 1. The van der Waals surface area contributed by atoms with Crippen LogP contribution in [0.3, 0.4) is 0 Å². The lowest BCUT2D eigenvalue weighted by atomic mass is 10.2. The summed E-state index contributed by atoms with van der Waals surface area (Å²) in [4.78, 5) is 19.7. The van der Waals surface area contributed by atoms with Crippen LogP contribution in [0, 0.1) is 0 Å². The first-order chi connectivity index (χ1) is 13.0. The van der Waals surface area contributed by atoms with Crippen LogP contribution in [0.15, 0.2) is 24.3 Å². The molecule has 2 N–H and O–H groups in total. The Kier molecular flexibility index (Phi) is 5.95. The van der Waals surface area contributed by atoms with Crippen molar-refractivity contribution in [1.29, 1.82) is 0 Å². The first-order valence-electron chi connectivity index (χ1n) is 9.39. The van der Waals surface area contributed by atoms with E-state index >= 15 is 0 Å². The normalized spacial score (nSPS) is 16.2. The minimum atomic E-state index is 0.0817. The standard InChI is InChI=1S/C19H29N7O/c1-5-27-16-9-7-6-8-15(16)26-12-10-25(11-13-26)14(2)17-21-18(20)23-19(22-17)24(3)4/h6-9,14H,5,10-13H2,1-4H3,(H2,20,21,22,23)/t14-/m1/s1. The topological polar surface area (TPSA) is 83.6 Å². The number of hydrogen-bond acceptors (Lipinski definition) is 8. The molecule has 0 aliphatic carbocycles. The van der Waals surface area contributed by atoms with Gasteiger partial charge in [0.2, 0.25) is 11.9 Å². The van der Waals surface area contributed by atoms with Gasteiger partial charge in [0.25, 0.3) is 0 Å². The predicted molar refractivity (Wildman–Crippen MR) is 108 cm³/mol. The Hall–Kier alpha value is -2.61. The van der Waals surface area contributed by atoms with Crippen LogP contribution in [0.5, 0.6) is 5.75 Å². The summed E-state index contributed by atoms with van der Waals surface area (Å²) in [5.41, 5.74) is 7.04. The van der Waals surface area contributed by atoms with Crippen LogP contribution in [0.4, 0.5) is 17.6 Å². The maximum Gasteiger partial charge on any atom is 0.229 e. The average Bonchev–Trinajstić information content (AvgIpc) is 2.68. The Morgan fingerprint density at radius 3 is 2.48 bits per heavy atom. The van der Waals surface area contributed by atoms with Gasteiger partial charge in [-0.15, -0.1) is 0 Å². The van der Waals surface area contributed by atoms with Crippen LogP contribution < -0.4 is 20.3 Å². The minimum Gasteiger partial charge on any atom is -0.492 e. The van der Waals surface area contributed by atoms with Crippen LogP contribution >= 0.6 is 0 Å². The van der Waals surface area contributed by atoms with Crippen molar-refractivity contribution in [2.24, 2.45) is 0 Å². The number of hydrogen-bond donors (Lipinski definition) is 1. The SMILES string of the molecule is CCOc1ccccc1N1CCN([C@H](C)c2nc(N)nc(N(C)C)n2)CC1. The number of benzene rings is 1. The van der Waals surface area contributed by atoms with Gasteiger partial charge in [-0.1, -0.05) is 12.1 Å². The van der Waals surface area contributed by atoms with E-state index in [9.17, 15) is 0 Å². The number of ether oxygens (including phenoxy) is 1. The van der Waals surface area contributed by atoms with Crippen molar-refractivity contribution in [3.63, 3.8) is 0 Å². The Morgan fingerprint density at radius 1 is 1.11 bits per heavy atom. The quantitative estimate of drug-likeness (QED) is 0.823. The van der Waals surface area contributed by atoms with Crippen molar-refractivity contribution in [3.8, 4) is 5.75 Å².